The van der Waals surface area contributed by atoms with E-state index in [0.29, 0.717) is 5.92 Å². The summed E-state index contributed by atoms with van der Waals surface area (Å²) in [7, 11) is 0. The van der Waals surface area contributed by atoms with Crippen molar-refractivity contribution in [1.82, 2.24) is 0 Å². The molecule has 84 valence electrons. The van der Waals surface area contributed by atoms with E-state index in [1.807, 2.05) is 0 Å². The molecule has 0 aliphatic carbocycles. The summed E-state index contributed by atoms with van der Waals surface area (Å²) in [6.07, 6.45) is 4.98. The van der Waals surface area contributed by atoms with Gasteiger partial charge in [-0.15, -0.1) is 0 Å². The number of alkyl halides is 1. The molecule has 0 saturated carbocycles. The molecule has 1 rings (SSSR count). The first-order valence-corrected chi connectivity index (χ1v) is 6.32. The van der Waals surface area contributed by atoms with Crippen LogP contribution in [-0.2, 0) is 4.74 Å². The average Bonchev–Trinajstić information content (AvgIpc) is 2.16. The van der Waals surface area contributed by atoms with Crippen LogP contribution in [0.2, 0.25) is 0 Å². The fourth-order valence-corrected chi connectivity index (χ4v) is 2.35. The number of hydrogen-bond acceptors (Lipinski definition) is 1. The lowest BCUT2D eigenvalue weighted by atomic mass is 9.86. The zero-order valence-electron chi connectivity index (χ0n) is 9.63. The maximum absolute atomic E-state index is 6.17. The van der Waals surface area contributed by atoms with Gasteiger partial charge in [0.25, 0.3) is 0 Å². The van der Waals surface area contributed by atoms with Gasteiger partial charge in [-0.2, -0.15) is 0 Å². The maximum atomic E-state index is 6.17. The molecule has 14 heavy (non-hydrogen) atoms. The molecular weight excluding hydrogens is 196 g/mol. The van der Waals surface area contributed by atoms with E-state index in [4.69, 9.17) is 16.3 Å². The van der Waals surface area contributed by atoms with E-state index in [0.717, 1.165) is 18.4 Å². The number of halogens is 1. The molecule has 0 N–H and O–H groups in total. The zero-order chi connectivity index (χ0) is 10.6. The SMILES string of the molecule is CCC1COC(Cl)C(CCC(C)C)C1. The fraction of sp³-hybridized carbons (Fsp3) is 1.00. The Labute approximate surface area is 93.2 Å². The van der Waals surface area contributed by atoms with E-state index >= 15 is 0 Å². The van der Waals surface area contributed by atoms with Crippen LogP contribution in [0.25, 0.3) is 0 Å². The van der Waals surface area contributed by atoms with Crippen LogP contribution in [0.5, 0.6) is 0 Å². The van der Waals surface area contributed by atoms with Crippen molar-refractivity contribution in [2.75, 3.05) is 6.61 Å². The number of hydrogen-bond donors (Lipinski definition) is 0. The van der Waals surface area contributed by atoms with Gasteiger partial charge in [-0.3, -0.25) is 0 Å². The van der Waals surface area contributed by atoms with Gasteiger partial charge < -0.3 is 4.74 Å². The lowest BCUT2D eigenvalue weighted by Gasteiger charge is -2.33. The lowest BCUT2D eigenvalue weighted by molar-refractivity contribution is -0.0161. The molecule has 2 heteroatoms. The highest BCUT2D eigenvalue weighted by Gasteiger charge is 2.28. The van der Waals surface area contributed by atoms with Crippen molar-refractivity contribution in [2.45, 2.75) is 52.0 Å². The van der Waals surface area contributed by atoms with Gasteiger partial charge in [0, 0.05) is 0 Å². The second kappa shape index (κ2) is 5.97. The summed E-state index contributed by atoms with van der Waals surface area (Å²) in [5.41, 5.74) is -0.0310. The minimum Gasteiger partial charge on any atom is -0.362 e. The van der Waals surface area contributed by atoms with Crippen LogP contribution in [0, 0.1) is 17.8 Å². The summed E-state index contributed by atoms with van der Waals surface area (Å²) >= 11 is 6.17. The van der Waals surface area contributed by atoms with Crippen LogP contribution in [0.15, 0.2) is 0 Å². The Morgan fingerprint density at radius 1 is 1.43 bits per heavy atom. The standard InChI is InChI=1S/C12H23ClO/c1-4-10-7-11(6-5-9(2)3)12(13)14-8-10/h9-12H,4-8H2,1-3H3. The summed E-state index contributed by atoms with van der Waals surface area (Å²) in [5, 5.41) is 0. The maximum Gasteiger partial charge on any atom is 0.134 e. The summed E-state index contributed by atoms with van der Waals surface area (Å²) in [5.74, 6) is 2.10. The first-order chi connectivity index (χ1) is 6.63. The van der Waals surface area contributed by atoms with E-state index in [1.165, 1.54) is 25.7 Å². The predicted molar refractivity (Wildman–Crippen MR) is 61.6 cm³/mol. The monoisotopic (exact) mass is 218 g/mol. The molecule has 1 heterocycles. The van der Waals surface area contributed by atoms with Crippen molar-refractivity contribution < 1.29 is 4.74 Å². The van der Waals surface area contributed by atoms with E-state index in [9.17, 15) is 0 Å². The molecule has 3 unspecified atom stereocenters. The lowest BCUT2D eigenvalue weighted by Crippen LogP contribution is -2.31. The third kappa shape index (κ3) is 3.78. The molecule has 0 aromatic heterocycles. The third-order valence-electron chi connectivity index (χ3n) is 3.19. The first-order valence-electron chi connectivity index (χ1n) is 5.89. The van der Waals surface area contributed by atoms with E-state index in [-0.39, 0.29) is 5.56 Å². The van der Waals surface area contributed by atoms with Crippen LogP contribution in [0.4, 0.5) is 0 Å². The Morgan fingerprint density at radius 2 is 2.14 bits per heavy atom. The highest BCUT2D eigenvalue weighted by atomic mass is 35.5. The van der Waals surface area contributed by atoms with Gasteiger partial charge in [-0.05, 0) is 30.6 Å². The van der Waals surface area contributed by atoms with Crippen molar-refractivity contribution in [1.29, 1.82) is 0 Å². The Hall–Kier alpha value is 0.250. The minimum absolute atomic E-state index is 0.0310. The van der Waals surface area contributed by atoms with Crippen LogP contribution in [0.3, 0.4) is 0 Å². The second-order valence-electron chi connectivity index (χ2n) is 4.93. The Bertz CT molecular complexity index is 158. The highest BCUT2D eigenvalue weighted by molar-refractivity contribution is 6.19. The molecule has 0 aromatic rings. The van der Waals surface area contributed by atoms with Crippen LogP contribution >= 0.6 is 11.6 Å². The van der Waals surface area contributed by atoms with Gasteiger partial charge in [0.2, 0.25) is 0 Å². The van der Waals surface area contributed by atoms with Crippen LogP contribution in [0.1, 0.15) is 46.5 Å². The molecule has 1 aliphatic rings. The fourth-order valence-electron chi connectivity index (χ4n) is 2.05. The van der Waals surface area contributed by atoms with Crippen molar-refractivity contribution in [3.05, 3.63) is 0 Å². The average molecular weight is 219 g/mol. The van der Waals surface area contributed by atoms with Gasteiger partial charge in [-0.1, -0.05) is 45.2 Å². The van der Waals surface area contributed by atoms with Gasteiger partial charge in [0.15, 0.2) is 0 Å². The Balaban J connectivity index is 2.32. The smallest absolute Gasteiger partial charge is 0.134 e. The summed E-state index contributed by atoms with van der Waals surface area (Å²) < 4.78 is 5.59. The first kappa shape index (κ1) is 12.3. The minimum atomic E-state index is -0.0310. The third-order valence-corrected chi connectivity index (χ3v) is 3.67. The van der Waals surface area contributed by atoms with E-state index < -0.39 is 0 Å². The van der Waals surface area contributed by atoms with Crippen molar-refractivity contribution >= 4 is 11.6 Å². The molecule has 0 bridgehead atoms. The van der Waals surface area contributed by atoms with E-state index in [2.05, 4.69) is 20.8 Å². The highest BCUT2D eigenvalue weighted by Crippen LogP contribution is 2.33. The van der Waals surface area contributed by atoms with Crippen molar-refractivity contribution in [3.8, 4) is 0 Å². The molecule has 0 spiro atoms. The Kier molecular flexibility index (Phi) is 5.25. The van der Waals surface area contributed by atoms with Crippen molar-refractivity contribution in [2.24, 2.45) is 17.8 Å². The number of ether oxygens (including phenoxy) is 1. The predicted octanol–water partition coefficient (Wildman–Crippen LogP) is 4.05. The van der Waals surface area contributed by atoms with Crippen molar-refractivity contribution in [3.63, 3.8) is 0 Å². The second-order valence-corrected chi connectivity index (χ2v) is 5.36. The molecule has 0 aromatic carbocycles. The van der Waals surface area contributed by atoms with Gasteiger partial charge in [0.1, 0.15) is 5.56 Å². The largest absolute Gasteiger partial charge is 0.362 e. The van der Waals surface area contributed by atoms with Crippen LogP contribution < -0.4 is 0 Å². The summed E-state index contributed by atoms with van der Waals surface area (Å²) in [4.78, 5) is 0. The molecular formula is C12H23ClO. The molecule has 0 amide bonds. The van der Waals surface area contributed by atoms with Gasteiger partial charge in [0.05, 0.1) is 6.61 Å². The van der Waals surface area contributed by atoms with Gasteiger partial charge >= 0.3 is 0 Å². The van der Waals surface area contributed by atoms with Gasteiger partial charge in [-0.25, -0.2) is 0 Å². The molecule has 0 radical (unpaired) electrons. The number of rotatable bonds is 4. The molecule has 1 nitrogen and oxygen atoms in total. The quantitative estimate of drug-likeness (QED) is 0.647. The normalized spacial score (nSPS) is 33.6. The van der Waals surface area contributed by atoms with Crippen LogP contribution in [-0.4, -0.2) is 12.2 Å². The summed E-state index contributed by atoms with van der Waals surface area (Å²) in [6.45, 7) is 7.64. The zero-order valence-corrected chi connectivity index (χ0v) is 10.4. The molecule has 1 fully saturated rings. The molecule has 1 saturated heterocycles. The topological polar surface area (TPSA) is 9.23 Å². The Morgan fingerprint density at radius 3 is 2.71 bits per heavy atom. The molecule has 3 atom stereocenters. The summed E-state index contributed by atoms with van der Waals surface area (Å²) in [6, 6.07) is 0. The van der Waals surface area contributed by atoms with E-state index in [1.54, 1.807) is 0 Å². The molecule has 1 aliphatic heterocycles.